The number of H-pyrrole nitrogens is 1. The largest absolute Gasteiger partial charge is 0.344 e. The summed E-state index contributed by atoms with van der Waals surface area (Å²) >= 11 is 1.56. The average molecular weight is 304 g/mol. The predicted octanol–water partition coefficient (Wildman–Crippen LogP) is 2.56. The second-order valence-electron chi connectivity index (χ2n) is 5.66. The van der Waals surface area contributed by atoms with Crippen LogP contribution in [0.5, 0.6) is 0 Å². The van der Waals surface area contributed by atoms with Gasteiger partial charge in [-0.15, -0.1) is 5.10 Å². The first kappa shape index (κ1) is 14.4. The van der Waals surface area contributed by atoms with Gasteiger partial charge in [-0.1, -0.05) is 32.0 Å². The van der Waals surface area contributed by atoms with E-state index in [1.807, 2.05) is 12.1 Å². The highest BCUT2D eigenvalue weighted by molar-refractivity contribution is 7.99. The number of nitrogens with zero attached hydrogens (tertiary/aromatic N) is 2. The van der Waals surface area contributed by atoms with Gasteiger partial charge in [0.2, 0.25) is 0 Å². The summed E-state index contributed by atoms with van der Waals surface area (Å²) in [4.78, 5) is 13.0. The lowest BCUT2D eigenvalue weighted by Crippen LogP contribution is -2.22. The summed E-state index contributed by atoms with van der Waals surface area (Å²) < 4.78 is 1.79. The van der Waals surface area contributed by atoms with Crippen LogP contribution < -0.4 is 11.0 Å². The predicted molar refractivity (Wildman–Crippen MR) is 83.7 cm³/mol. The molecule has 0 spiro atoms. The summed E-state index contributed by atoms with van der Waals surface area (Å²) in [6.07, 6.45) is 2.15. The van der Waals surface area contributed by atoms with E-state index < -0.39 is 0 Å². The van der Waals surface area contributed by atoms with Crippen molar-refractivity contribution in [1.29, 1.82) is 0 Å². The Morgan fingerprint density at radius 3 is 2.90 bits per heavy atom. The molecule has 112 valence electrons. The molecule has 0 unspecified atom stereocenters. The van der Waals surface area contributed by atoms with E-state index in [1.165, 1.54) is 5.56 Å². The molecule has 1 aromatic heterocycles. The van der Waals surface area contributed by atoms with Crippen LogP contribution in [-0.2, 0) is 6.54 Å². The molecule has 2 N–H and O–H groups in total. The lowest BCUT2D eigenvalue weighted by Gasteiger charge is -2.12. The van der Waals surface area contributed by atoms with Gasteiger partial charge in [0.25, 0.3) is 0 Å². The van der Waals surface area contributed by atoms with Gasteiger partial charge in [-0.25, -0.2) is 9.89 Å². The second kappa shape index (κ2) is 6.07. The molecule has 1 fully saturated rings. The topological polar surface area (TPSA) is 62.7 Å². The van der Waals surface area contributed by atoms with Gasteiger partial charge in [0.15, 0.2) is 5.16 Å². The molecule has 5 nitrogen and oxygen atoms in total. The molecule has 1 aliphatic carbocycles. The van der Waals surface area contributed by atoms with E-state index in [2.05, 4.69) is 41.5 Å². The summed E-state index contributed by atoms with van der Waals surface area (Å²) in [6.45, 7) is 5.08. The van der Waals surface area contributed by atoms with Crippen LogP contribution >= 0.6 is 11.8 Å². The fourth-order valence-electron chi connectivity index (χ4n) is 2.18. The molecule has 0 amide bonds. The van der Waals surface area contributed by atoms with E-state index in [1.54, 1.807) is 16.3 Å². The molecule has 0 atom stereocenters. The normalized spacial score (nSPS) is 14.8. The Hall–Kier alpha value is -1.53. The third-order valence-electron chi connectivity index (χ3n) is 3.46. The zero-order valence-electron chi connectivity index (χ0n) is 12.3. The van der Waals surface area contributed by atoms with Gasteiger partial charge in [-0.2, -0.15) is 0 Å². The number of aromatic amines is 1. The van der Waals surface area contributed by atoms with Gasteiger partial charge in [0, 0.05) is 23.5 Å². The van der Waals surface area contributed by atoms with Gasteiger partial charge >= 0.3 is 5.69 Å². The number of aromatic nitrogens is 3. The number of rotatable bonds is 6. The highest BCUT2D eigenvalue weighted by atomic mass is 32.2. The Bertz CT molecular complexity index is 672. The maximum absolute atomic E-state index is 11.8. The number of nitrogens with one attached hydrogen (secondary N) is 2. The molecule has 6 heteroatoms. The quantitative estimate of drug-likeness (QED) is 0.861. The Morgan fingerprint density at radius 2 is 2.19 bits per heavy atom. The van der Waals surface area contributed by atoms with Crippen LogP contribution in [0.4, 0.5) is 0 Å². The van der Waals surface area contributed by atoms with Crippen LogP contribution in [0.15, 0.2) is 39.1 Å². The lowest BCUT2D eigenvalue weighted by atomic mass is 10.2. The van der Waals surface area contributed by atoms with Crippen LogP contribution in [0.25, 0.3) is 0 Å². The van der Waals surface area contributed by atoms with Crippen molar-refractivity contribution < 1.29 is 0 Å². The molecule has 1 saturated carbocycles. The van der Waals surface area contributed by atoms with Crippen molar-refractivity contribution in [3.63, 3.8) is 0 Å². The standard InChI is InChI=1S/C15H20N4OS/c1-10(2)16-9-11-5-3-4-6-13(11)21-15-18-17-14(20)19(15)12-7-8-12/h3-6,10,12,16H,7-9H2,1-2H3,(H,17,20). The molecular weight excluding hydrogens is 284 g/mol. The lowest BCUT2D eigenvalue weighted by molar-refractivity contribution is 0.584. The summed E-state index contributed by atoms with van der Waals surface area (Å²) in [5, 5.41) is 10.9. The van der Waals surface area contributed by atoms with Crippen LogP contribution in [0.2, 0.25) is 0 Å². The average Bonchev–Trinajstić information content (AvgIpc) is 3.23. The molecule has 1 aliphatic rings. The molecule has 0 bridgehead atoms. The first-order valence-electron chi connectivity index (χ1n) is 7.31. The van der Waals surface area contributed by atoms with Crippen molar-refractivity contribution in [2.45, 2.75) is 55.4 Å². The molecule has 1 heterocycles. The minimum Gasteiger partial charge on any atom is -0.310 e. The zero-order valence-corrected chi connectivity index (χ0v) is 13.1. The summed E-state index contributed by atoms with van der Waals surface area (Å²) in [6, 6.07) is 9.04. The molecular formula is C15H20N4OS. The monoisotopic (exact) mass is 304 g/mol. The van der Waals surface area contributed by atoms with Crippen LogP contribution in [0.3, 0.4) is 0 Å². The van der Waals surface area contributed by atoms with E-state index >= 15 is 0 Å². The summed E-state index contributed by atoms with van der Waals surface area (Å²) in [5.74, 6) is 0. The van der Waals surface area contributed by atoms with Crippen molar-refractivity contribution in [3.8, 4) is 0 Å². The highest BCUT2D eigenvalue weighted by Gasteiger charge is 2.28. The Morgan fingerprint density at radius 1 is 1.43 bits per heavy atom. The van der Waals surface area contributed by atoms with Crippen molar-refractivity contribution in [3.05, 3.63) is 40.3 Å². The van der Waals surface area contributed by atoms with Crippen molar-refractivity contribution in [2.75, 3.05) is 0 Å². The zero-order chi connectivity index (χ0) is 14.8. The van der Waals surface area contributed by atoms with Gasteiger partial charge < -0.3 is 5.32 Å². The van der Waals surface area contributed by atoms with E-state index in [-0.39, 0.29) is 5.69 Å². The molecule has 0 radical (unpaired) electrons. The fraction of sp³-hybridized carbons (Fsp3) is 0.467. The van der Waals surface area contributed by atoms with Crippen molar-refractivity contribution >= 4 is 11.8 Å². The number of benzene rings is 1. The van der Waals surface area contributed by atoms with Crippen molar-refractivity contribution in [2.24, 2.45) is 0 Å². The van der Waals surface area contributed by atoms with Crippen LogP contribution in [-0.4, -0.2) is 20.8 Å². The third kappa shape index (κ3) is 3.39. The van der Waals surface area contributed by atoms with Crippen LogP contribution in [0.1, 0.15) is 38.3 Å². The third-order valence-corrected chi connectivity index (χ3v) is 4.55. The van der Waals surface area contributed by atoms with Gasteiger partial charge in [0.05, 0.1) is 0 Å². The Labute approximate surface area is 128 Å². The molecule has 0 aliphatic heterocycles. The smallest absolute Gasteiger partial charge is 0.310 e. The maximum Gasteiger partial charge on any atom is 0.344 e. The fourth-order valence-corrected chi connectivity index (χ4v) is 3.22. The van der Waals surface area contributed by atoms with Gasteiger partial charge in [-0.3, -0.25) is 4.57 Å². The van der Waals surface area contributed by atoms with Gasteiger partial charge in [0.1, 0.15) is 0 Å². The van der Waals surface area contributed by atoms with Crippen LogP contribution in [0, 0.1) is 0 Å². The van der Waals surface area contributed by atoms with E-state index in [0.29, 0.717) is 12.1 Å². The number of hydrogen-bond donors (Lipinski definition) is 2. The van der Waals surface area contributed by atoms with E-state index in [9.17, 15) is 4.79 Å². The molecule has 2 aromatic rings. The summed E-state index contributed by atoms with van der Waals surface area (Å²) in [7, 11) is 0. The minimum atomic E-state index is -0.0993. The first-order valence-corrected chi connectivity index (χ1v) is 8.13. The molecule has 3 rings (SSSR count). The van der Waals surface area contributed by atoms with Crippen molar-refractivity contribution in [1.82, 2.24) is 20.1 Å². The maximum atomic E-state index is 11.8. The van der Waals surface area contributed by atoms with Gasteiger partial charge in [-0.05, 0) is 36.2 Å². The SMILES string of the molecule is CC(C)NCc1ccccc1Sc1n[nH]c(=O)n1C1CC1. The molecule has 1 aromatic carbocycles. The van der Waals surface area contributed by atoms with E-state index in [0.717, 1.165) is 29.4 Å². The Kier molecular flexibility index (Phi) is 4.17. The molecule has 21 heavy (non-hydrogen) atoms. The van der Waals surface area contributed by atoms with E-state index in [4.69, 9.17) is 0 Å². The Balaban J connectivity index is 1.83. The second-order valence-corrected chi connectivity index (χ2v) is 6.67. The molecule has 0 saturated heterocycles. The first-order chi connectivity index (χ1) is 10.1. The minimum absolute atomic E-state index is 0.0993. The summed E-state index contributed by atoms with van der Waals surface area (Å²) in [5.41, 5.74) is 1.13. The highest BCUT2D eigenvalue weighted by Crippen LogP contribution is 2.38. The number of hydrogen-bond acceptors (Lipinski definition) is 4.